The fourth-order valence-corrected chi connectivity index (χ4v) is 3.03. The summed E-state index contributed by atoms with van der Waals surface area (Å²) < 4.78 is 2.82. The zero-order valence-electron chi connectivity index (χ0n) is 14.3. The quantitative estimate of drug-likeness (QED) is 0.692. The third kappa shape index (κ3) is 3.26. The first-order valence-electron chi connectivity index (χ1n) is 8.14. The SMILES string of the molecule is CCCn1nnc2c(Nc3ccc(C(C)C)cc3Br)nc(C)nc21. The van der Waals surface area contributed by atoms with Crippen molar-refractivity contribution in [1.29, 1.82) is 0 Å². The van der Waals surface area contributed by atoms with E-state index in [0.717, 1.165) is 28.8 Å². The third-order valence-electron chi connectivity index (χ3n) is 3.82. The first-order valence-corrected chi connectivity index (χ1v) is 8.93. The molecule has 0 atom stereocenters. The minimum Gasteiger partial charge on any atom is -0.337 e. The van der Waals surface area contributed by atoms with E-state index in [1.807, 2.05) is 11.6 Å². The Kier molecular flexibility index (Phi) is 4.80. The molecule has 7 heteroatoms. The van der Waals surface area contributed by atoms with Crippen molar-refractivity contribution in [3.63, 3.8) is 0 Å². The number of nitrogens with zero attached hydrogens (tertiary/aromatic N) is 5. The second kappa shape index (κ2) is 6.84. The summed E-state index contributed by atoms with van der Waals surface area (Å²) in [4.78, 5) is 9.00. The number of rotatable bonds is 5. The summed E-state index contributed by atoms with van der Waals surface area (Å²) >= 11 is 3.64. The van der Waals surface area contributed by atoms with Crippen molar-refractivity contribution in [2.45, 2.75) is 46.6 Å². The van der Waals surface area contributed by atoms with Crippen molar-refractivity contribution in [1.82, 2.24) is 25.0 Å². The Morgan fingerprint density at radius 3 is 2.71 bits per heavy atom. The molecule has 0 radical (unpaired) electrons. The summed E-state index contributed by atoms with van der Waals surface area (Å²) in [6.45, 7) is 9.13. The second-order valence-electron chi connectivity index (χ2n) is 6.12. The minimum absolute atomic E-state index is 0.484. The molecule has 0 saturated carbocycles. The van der Waals surface area contributed by atoms with Crippen LogP contribution in [0.4, 0.5) is 11.5 Å². The molecular weight excluding hydrogens is 368 g/mol. The van der Waals surface area contributed by atoms with Gasteiger partial charge >= 0.3 is 0 Å². The Morgan fingerprint density at radius 1 is 1.25 bits per heavy atom. The highest BCUT2D eigenvalue weighted by Crippen LogP contribution is 2.30. The summed E-state index contributed by atoms with van der Waals surface area (Å²) in [5, 5.41) is 11.8. The van der Waals surface area contributed by atoms with Gasteiger partial charge in [0, 0.05) is 11.0 Å². The molecule has 1 aromatic carbocycles. The van der Waals surface area contributed by atoms with Crippen LogP contribution in [0.1, 0.15) is 44.5 Å². The highest BCUT2D eigenvalue weighted by molar-refractivity contribution is 9.10. The molecule has 0 amide bonds. The number of nitrogens with one attached hydrogen (secondary N) is 1. The van der Waals surface area contributed by atoms with Gasteiger partial charge in [0.1, 0.15) is 5.82 Å². The molecule has 0 aliphatic heterocycles. The van der Waals surface area contributed by atoms with E-state index in [-0.39, 0.29) is 0 Å². The van der Waals surface area contributed by atoms with E-state index in [1.54, 1.807) is 0 Å². The number of halogens is 1. The van der Waals surface area contributed by atoms with E-state index in [9.17, 15) is 0 Å². The monoisotopic (exact) mass is 388 g/mol. The second-order valence-corrected chi connectivity index (χ2v) is 6.98. The number of aromatic nitrogens is 5. The molecule has 6 nitrogen and oxygen atoms in total. The molecule has 2 aromatic heterocycles. The van der Waals surface area contributed by atoms with Crippen LogP contribution in [0, 0.1) is 6.92 Å². The van der Waals surface area contributed by atoms with E-state index in [1.165, 1.54) is 5.56 Å². The minimum atomic E-state index is 0.484. The number of hydrogen-bond acceptors (Lipinski definition) is 5. The summed E-state index contributed by atoms with van der Waals surface area (Å²) in [7, 11) is 0. The van der Waals surface area contributed by atoms with Crippen LogP contribution in [0.2, 0.25) is 0 Å². The molecule has 0 spiro atoms. The first kappa shape index (κ1) is 16.8. The number of benzene rings is 1. The van der Waals surface area contributed by atoms with Crippen molar-refractivity contribution < 1.29 is 0 Å². The molecule has 1 N–H and O–H groups in total. The summed E-state index contributed by atoms with van der Waals surface area (Å²) in [6.07, 6.45) is 0.979. The topological polar surface area (TPSA) is 68.5 Å². The van der Waals surface area contributed by atoms with Gasteiger partial charge in [-0.2, -0.15) is 0 Å². The molecule has 0 saturated heterocycles. The average molecular weight is 389 g/mol. The molecule has 126 valence electrons. The Morgan fingerprint density at radius 2 is 2.04 bits per heavy atom. The van der Waals surface area contributed by atoms with Crippen molar-refractivity contribution in [2.75, 3.05) is 5.32 Å². The van der Waals surface area contributed by atoms with Crippen LogP contribution in [0.5, 0.6) is 0 Å². The van der Waals surface area contributed by atoms with Crippen molar-refractivity contribution in [3.05, 3.63) is 34.1 Å². The van der Waals surface area contributed by atoms with Crippen LogP contribution in [0.15, 0.2) is 22.7 Å². The maximum atomic E-state index is 4.51. The first-order chi connectivity index (χ1) is 11.5. The van der Waals surface area contributed by atoms with E-state index in [2.05, 4.69) is 80.5 Å². The predicted octanol–water partition coefficient (Wildman–Crippen LogP) is 4.57. The molecule has 24 heavy (non-hydrogen) atoms. The lowest BCUT2D eigenvalue weighted by Crippen LogP contribution is -2.03. The molecule has 3 rings (SSSR count). The number of aryl methyl sites for hydroxylation is 2. The summed E-state index contributed by atoms with van der Waals surface area (Å²) in [6, 6.07) is 6.31. The van der Waals surface area contributed by atoms with Crippen LogP contribution in [-0.2, 0) is 6.54 Å². The van der Waals surface area contributed by atoms with Crippen LogP contribution in [0.25, 0.3) is 11.2 Å². The molecule has 0 unspecified atom stereocenters. The summed E-state index contributed by atoms with van der Waals surface area (Å²) in [5.74, 6) is 1.86. The lowest BCUT2D eigenvalue weighted by Gasteiger charge is -2.12. The molecule has 0 aliphatic carbocycles. The third-order valence-corrected chi connectivity index (χ3v) is 4.48. The number of hydrogen-bond donors (Lipinski definition) is 1. The summed E-state index contributed by atoms with van der Waals surface area (Å²) in [5.41, 5.74) is 3.69. The molecule has 3 aromatic rings. The largest absolute Gasteiger partial charge is 0.337 e. The van der Waals surface area contributed by atoms with Gasteiger partial charge in [-0.15, -0.1) is 5.10 Å². The Labute approximate surface area is 149 Å². The molecular formula is C17H21BrN6. The van der Waals surface area contributed by atoms with E-state index in [4.69, 9.17) is 0 Å². The van der Waals surface area contributed by atoms with Gasteiger partial charge in [-0.1, -0.05) is 32.1 Å². The molecule has 2 heterocycles. The number of anilines is 2. The maximum Gasteiger partial charge on any atom is 0.184 e. The van der Waals surface area contributed by atoms with Crippen LogP contribution in [-0.4, -0.2) is 25.0 Å². The smallest absolute Gasteiger partial charge is 0.184 e. The van der Waals surface area contributed by atoms with Gasteiger partial charge in [0.25, 0.3) is 0 Å². The van der Waals surface area contributed by atoms with Crippen LogP contribution < -0.4 is 5.32 Å². The van der Waals surface area contributed by atoms with Gasteiger partial charge < -0.3 is 5.32 Å². The highest BCUT2D eigenvalue weighted by Gasteiger charge is 2.14. The van der Waals surface area contributed by atoms with Crippen molar-refractivity contribution >= 4 is 38.6 Å². The normalized spacial score (nSPS) is 11.4. The van der Waals surface area contributed by atoms with Crippen LogP contribution >= 0.6 is 15.9 Å². The molecule has 0 fully saturated rings. The van der Waals surface area contributed by atoms with Crippen molar-refractivity contribution in [3.8, 4) is 0 Å². The van der Waals surface area contributed by atoms with Gasteiger partial charge in [-0.25, -0.2) is 14.6 Å². The Bertz CT molecular complexity index is 871. The van der Waals surface area contributed by atoms with Crippen LogP contribution in [0.3, 0.4) is 0 Å². The highest BCUT2D eigenvalue weighted by atomic mass is 79.9. The zero-order chi connectivity index (χ0) is 17.3. The van der Waals surface area contributed by atoms with Gasteiger partial charge in [0.15, 0.2) is 17.0 Å². The zero-order valence-corrected chi connectivity index (χ0v) is 15.9. The average Bonchev–Trinajstić information content (AvgIpc) is 2.92. The van der Waals surface area contributed by atoms with E-state index < -0.39 is 0 Å². The van der Waals surface area contributed by atoms with Gasteiger partial charge in [0.05, 0.1) is 5.69 Å². The maximum absolute atomic E-state index is 4.51. The Balaban J connectivity index is 2.01. The Hall–Kier alpha value is -2.02. The fraction of sp³-hybridized carbons (Fsp3) is 0.412. The van der Waals surface area contributed by atoms with Gasteiger partial charge in [0.2, 0.25) is 0 Å². The van der Waals surface area contributed by atoms with Crippen molar-refractivity contribution in [2.24, 2.45) is 0 Å². The standard InChI is InChI=1S/C17H21BrN6/c1-5-8-24-17-15(22-23-24)16(19-11(4)20-17)21-14-7-6-12(10(2)3)9-13(14)18/h6-7,9-10H,5,8H2,1-4H3,(H,19,20,21). The number of fused-ring (bicyclic) bond motifs is 1. The molecule has 0 bridgehead atoms. The van der Waals surface area contributed by atoms with E-state index >= 15 is 0 Å². The van der Waals surface area contributed by atoms with E-state index in [0.29, 0.717) is 23.1 Å². The predicted molar refractivity (Wildman–Crippen MR) is 99.7 cm³/mol. The lowest BCUT2D eigenvalue weighted by molar-refractivity contribution is 0.591. The fourth-order valence-electron chi connectivity index (χ4n) is 2.53. The van der Waals surface area contributed by atoms with Gasteiger partial charge in [-0.3, -0.25) is 0 Å². The van der Waals surface area contributed by atoms with Gasteiger partial charge in [-0.05, 0) is 52.9 Å². The molecule has 0 aliphatic rings. The lowest BCUT2D eigenvalue weighted by atomic mass is 10.0.